The number of hydrogen-bond acceptors (Lipinski definition) is 5. The molecule has 0 amide bonds. The van der Waals surface area contributed by atoms with Crippen LogP contribution in [0.5, 0.6) is 5.75 Å². The number of aliphatic hydroxyl groups is 1. The first-order chi connectivity index (χ1) is 8.19. The number of ether oxygens (including phenoxy) is 1. The van der Waals surface area contributed by atoms with Gasteiger partial charge in [0.15, 0.2) is 6.61 Å². The molecule has 0 bridgehead atoms. The summed E-state index contributed by atoms with van der Waals surface area (Å²) in [4.78, 5) is 1.37. The Morgan fingerprint density at radius 2 is 2.29 bits per heavy atom. The third-order valence-electron chi connectivity index (χ3n) is 2.11. The first-order valence-electron chi connectivity index (χ1n) is 4.94. The Kier molecular flexibility index (Phi) is 3.70. The van der Waals surface area contributed by atoms with Gasteiger partial charge >= 0.3 is 0 Å². The van der Waals surface area contributed by atoms with E-state index in [2.05, 4.69) is 31.3 Å². The number of halogens is 1. The first-order valence-corrected chi connectivity index (χ1v) is 5.73. The number of hydrogen-bond donors (Lipinski definition) is 1. The van der Waals surface area contributed by atoms with Crippen molar-refractivity contribution in [1.82, 2.24) is 20.2 Å². The smallest absolute Gasteiger partial charge is 0.212 e. The summed E-state index contributed by atoms with van der Waals surface area (Å²) in [5, 5.41) is 20.6. The van der Waals surface area contributed by atoms with Crippen molar-refractivity contribution in [2.24, 2.45) is 7.05 Å². The van der Waals surface area contributed by atoms with Gasteiger partial charge in [-0.05, 0) is 29.0 Å². The van der Waals surface area contributed by atoms with Crippen LogP contribution in [0.15, 0.2) is 22.7 Å². The van der Waals surface area contributed by atoms with Crippen LogP contribution in [0.2, 0.25) is 0 Å². The van der Waals surface area contributed by atoms with Crippen molar-refractivity contribution in [3.05, 3.63) is 34.1 Å². The van der Waals surface area contributed by atoms with Crippen molar-refractivity contribution in [3.8, 4) is 5.75 Å². The molecule has 0 saturated heterocycles. The Hall–Kier alpha value is -1.47. The molecule has 1 N–H and O–H groups in total. The summed E-state index contributed by atoms with van der Waals surface area (Å²) in [6, 6.07) is 5.39. The molecule has 1 aromatic carbocycles. The van der Waals surface area contributed by atoms with E-state index in [1.165, 1.54) is 4.80 Å². The van der Waals surface area contributed by atoms with Gasteiger partial charge < -0.3 is 9.84 Å². The molecule has 1 heterocycles. The van der Waals surface area contributed by atoms with Crippen LogP contribution in [-0.4, -0.2) is 25.3 Å². The second kappa shape index (κ2) is 5.24. The van der Waals surface area contributed by atoms with Crippen LogP contribution in [0.4, 0.5) is 0 Å². The summed E-state index contributed by atoms with van der Waals surface area (Å²) >= 11 is 3.34. The summed E-state index contributed by atoms with van der Waals surface area (Å²) in [7, 11) is 1.69. The van der Waals surface area contributed by atoms with Gasteiger partial charge in [0, 0.05) is 4.47 Å². The predicted molar refractivity (Wildman–Crippen MR) is 63.2 cm³/mol. The van der Waals surface area contributed by atoms with Gasteiger partial charge in [-0.3, -0.25) is 0 Å². The molecule has 17 heavy (non-hydrogen) atoms. The lowest BCUT2D eigenvalue weighted by Gasteiger charge is -2.06. The number of tetrazole rings is 1. The Labute approximate surface area is 106 Å². The summed E-state index contributed by atoms with van der Waals surface area (Å²) in [5.74, 6) is 1.17. The number of benzene rings is 1. The predicted octanol–water partition coefficient (Wildman–Crippen LogP) is 1.04. The van der Waals surface area contributed by atoms with Crippen molar-refractivity contribution in [3.63, 3.8) is 0 Å². The Morgan fingerprint density at radius 3 is 2.94 bits per heavy atom. The number of rotatable bonds is 4. The van der Waals surface area contributed by atoms with E-state index in [1.54, 1.807) is 19.2 Å². The molecule has 0 radical (unpaired) electrons. The number of aromatic nitrogens is 4. The SMILES string of the molecule is Cn1nnc(COc2ccc(Br)c(CO)c2)n1. The molecule has 0 fully saturated rings. The molecule has 90 valence electrons. The maximum Gasteiger partial charge on any atom is 0.212 e. The topological polar surface area (TPSA) is 73.1 Å². The molecule has 0 aliphatic heterocycles. The van der Waals surface area contributed by atoms with Crippen molar-refractivity contribution in [1.29, 1.82) is 0 Å². The first kappa shape index (κ1) is 12.0. The highest BCUT2D eigenvalue weighted by atomic mass is 79.9. The zero-order chi connectivity index (χ0) is 12.3. The number of nitrogens with zero attached hydrogens (tertiary/aromatic N) is 4. The maximum atomic E-state index is 9.11. The fourth-order valence-corrected chi connectivity index (χ4v) is 1.66. The van der Waals surface area contributed by atoms with Gasteiger partial charge in [0.25, 0.3) is 0 Å². The van der Waals surface area contributed by atoms with E-state index in [0.717, 1.165) is 10.0 Å². The van der Waals surface area contributed by atoms with Crippen LogP contribution < -0.4 is 4.74 Å². The van der Waals surface area contributed by atoms with E-state index in [1.807, 2.05) is 6.07 Å². The summed E-state index contributed by atoms with van der Waals surface area (Å²) in [6.45, 7) is 0.210. The molecule has 2 aromatic rings. The lowest BCUT2D eigenvalue weighted by atomic mass is 10.2. The van der Waals surface area contributed by atoms with Crippen LogP contribution >= 0.6 is 15.9 Å². The van der Waals surface area contributed by atoms with E-state index in [0.29, 0.717) is 11.6 Å². The molecule has 0 aliphatic rings. The third kappa shape index (κ3) is 3.01. The molecule has 0 unspecified atom stereocenters. The van der Waals surface area contributed by atoms with Crippen LogP contribution in [0, 0.1) is 0 Å². The highest BCUT2D eigenvalue weighted by molar-refractivity contribution is 9.10. The molecule has 0 atom stereocenters. The molecule has 1 aromatic heterocycles. The van der Waals surface area contributed by atoms with Crippen LogP contribution in [-0.2, 0) is 20.3 Å². The minimum absolute atomic E-state index is 0.0405. The van der Waals surface area contributed by atoms with E-state index in [9.17, 15) is 0 Å². The third-order valence-corrected chi connectivity index (χ3v) is 2.88. The molecule has 0 aliphatic carbocycles. The Bertz CT molecular complexity index is 515. The van der Waals surface area contributed by atoms with Crippen molar-refractivity contribution in [2.75, 3.05) is 0 Å². The van der Waals surface area contributed by atoms with Crippen molar-refractivity contribution >= 4 is 15.9 Å². The lowest BCUT2D eigenvalue weighted by Crippen LogP contribution is -1.99. The van der Waals surface area contributed by atoms with Gasteiger partial charge in [-0.1, -0.05) is 15.9 Å². The van der Waals surface area contributed by atoms with E-state index in [4.69, 9.17) is 9.84 Å². The Morgan fingerprint density at radius 1 is 1.47 bits per heavy atom. The minimum atomic E-state index is -0.0405. The molecular formula is C10H11BrN4O2. The summed E-state index contributed by atoms with van der Waals surface area (Å²) in [5.41, 5.74) is 0.773. The average molecular weight is 299 g/mol. The highest BCUT2D eigenvalue weighted by Gasteiger charge is 2.04. The van der Waals surface area contributed by atoms with Crippen molar-refractivity contribution < 1.29 is 9.84 Å². The minimum Gasteiger partial charge on any atom is -0.485 e. The van der Waals surface area contributed by atoms with Crippen LogP contribution in [0.25, 0.3) is 0 Å². The lowest BCUT2D eigenvalue weighted by molar-refractivity contribution is 0.275. The molecule has 0 saturated carbocycles. The van der Waals surface area contributed by atoms with E-state index >= 15 is 0 Å². The van der Waals surface area contributed by atoms with Gasteiger partial charge in [-0.15, -0.1) is 10.2 Å². The fraction of sp³-hybridized carbons (Fsp3) is 0.300. The van der Waals surface area contributed by atoms with Crippen molar-refractivity contribution in [2.45, 2.75) is 13.2 Å². The summed E-state index contributed by atoms with van der Waals surface area (Å²) in [6.07, 6.45) is 0. The van der Waals surface area contributed by atoms with Crippen LogP contribution in [0.3, 0.4) is 0 Å². The van der Waals surface area contributed by atoms with Gasteiger partial charge in [0.05, 0.1) is 13.7 Å². The zero-order valence-electron chi connectivity index (χ0n) is 9.17. The average Bonchev–Trinajstić information content (AvgIpc) is 2.74. The molecular weight excluding hydrogens is 288 g/mol. The Balaban J connectivity index is 2.04. The van der Waals surface area contributed by atoms with E-state index in [-0.39, 0.29) is 13.2 Å². The summed E-state index contributed by atoms with van der Waals surface area (Å²) < 4.78 is 6.34. The zero-order valence-corrected chi connectivity index (χ0v) is 10.8. The van der Waals surface area contributed by atoms with Gasteiger partial charge in [0.2, 0.25) is 5.82 Å². The molecule has 6 nitrogen and oxygen atoms in total. The maximum absolute atomic E-state index is 9.11. The van der Waals surface area contributed by atoms with Gasteiger partial charge in [-0.25, -0.2) is 0 Å². The highest BCUT2D eigenvalue weighted by Crippen LogP contribution is 2.22. The quantitative estimate of drug-likeness (QED) is 0.913. The monoisotopic (exact) mass is 298 g/mol. The molecule has 7 heteroatoms. The van der Waals surface area contributed by atoms with Crippen LogP contribution in [0.1, 0.15) is 11.4 Å². The second-order valence-corrected chi connectivity index (χ2v) is 4.25. The standard InChI is InChI=1S/C10H11BrN4O2/c1-15-13-10(12-14-15)6-17-8-2-3-9(11)7(4-8)5-16/h2-4,16H,5-6H2,1H3. The van der Waals surface area contributed by atoms with Gasteiger partial charge in [0.1, 0.15) is 5.75 Å². The number of aryl methyl sites for hydroxylation is 1. The normalized spacial score (nSPS) is 10.5. The largest absolute Gasteiger partial charge is 0.485 e. The molecule has 0 spiro atoms. The number of aliphatic hydroxyl groups excluding tert-OH is 1. The molecule has 2 rings (SSSR count). The second-order valence-electron chi connectivity index (χ2n) is 3.40. The van der Waals surface area contributed by atoms with E-state index < -0.39 is 0 Å². The van der Waals surface area contributed by atoms with Gasteiger partial charge in [-0.2, -0.15) is 4.80 Å². The fourth-order valence-electron chi connectivity index (χ4n) is 1.29.